The maximum Gasteiger partial charge on any atom is 0.225 e. The lowest BCUT2D eigenvalue weighted by atomic mass is 10.2. The molecule has 1 aromatic heterocycles. The van der Waals surface area contributed by atoms with Gasteiger partial charge in [0.2, 0.25) is 11.8 Å². The molecule has 1 atom stereocenters. The summed E-state index contributed by atoms with van der Waals surface area (Å²) in [6, 6.07) is 11.5. The van der Waals surface area contributed by atoms with Crippen LogP contribution in [0.15, 0.2) is 41.8 Å². The first-order valence-electron chi connectivity index (χ1n) is 8.45. The van der Waals surface area contributed by atoms with Crippen LogP contribution in [0.5, 0.6) is 0 Å². The third-order valence-electron chi connectivity index (χ3n) is 4.31. The summed E-state index contributed by atoms with van der Waals surface area (Å²) in [6.07, 6.45) is 2.61. The van der Waals surface area contributed by atoms with Crippen LogP contribution < -0.4 is 5.32 Å². The summed E-state index contributed by atoms with van der Waals surface area (Å²) in [5.74, 6) is 0.0813. The molecule has 1 aromatic carbocycles. The molecule has 4 nitrogen and oxygen atoms in total. The fourth-order valence-corrected chi connectivity index (χ4v) is 3.98. The van der Waals surface area contributed by atoms with Crippen molar-refractivity contribution in [1.29, 1.82) is 0 Å². The standard InChI is InChI=1S/C19H21ClN2O2S/c20-17-8-2-1-5-14(17)12-22-13-15(11-19(22)24)21-18(23)9-3-6-16-7-4-10-25-16/h1-2,4-5,7-8,10,15H,3,6,9,11-13H2,(H,21,23). The number of amides is 2. The highest BCUT2D eigenvalue weighted by Crippen LogP contribution is 2.21. The molecular formula is C19H21ClN2O2S. The number of likely N-dealkylation sites (tertiary alicyclic amines) is 1. The maximum atomic E-state index is 12.2. The van der Waals surface area contributed by atoms with E-state index in [1.165, 1.54) is 4.88 Å². The number of carbonyl (C=O) groups is 2. The van der Waals surface area contributed by atoms with Crippen molar-refractivity contribution in [2.75, 3.05) is 6.54 Å². The van der Waals surface area contributed by atoms with Crippen LogP contribution in [0.3, 0.4) is 0 Å². The molecule has 1 N–H and O–H groups in total. The highest BCUT2D eigenvalue weighted by Gasteiger charge is 2.30. The average Bonchev–Trinajstić information content (AvgIpc) is 3.20. The Kier molecular flexibility index (Phi) is 6.10. The number of benzene rings is 1. The van der Waals surface area contributed by atoms with Gasteiger partial charge in [-0.25, -0.2) is 0 Å². The number of carbonyl (C=O) groups excluding carboxylic acids is 2. The van der Waals surface area contributed by atoms with Gasteiger partial charge in [-0.15, -0.1) is 11.3 Å². The van der Waals surface area contributed by atoms with Crippen LogP contribution in [0.4, 0.5) is 0 Å². The average molecular weight is 377 g/mol. The Labute approximate surface area is 156 Å². The summed E-state index contributed by atoms with van der Waals surface area (Å²) in [6.45, 7) is 1.03. The van der Waals surface area contributed by atoms with Gasteiger partial charge in [0.15, 0.2) is 0 Å². The highest BCUT2D eigenvalue weighted by atomic mass is 35.5. The first kappa shape index (κ1) is 18.0. The second-order valence-corrected chi connectivity index (χ2v) is 7.71. The van der Waals surface area contributed by atoms with Gasteiger partial charge in [-0.1, -0.05) is 35.9 Å². The Hall–Kier alpha value is -1.85. The Bertz CT molecular complexity index is 733. The van der Waals surface area contributed by atoms with Crippen LogP contribution in [0.2, 0.25) is 5.02 Å². The van der Waals surface area contributed by atoms with Crippen LogP contribution >= 0.6 is 22.9 Å². The van der Waals surface area contributed by atoms with E-state index in [2.05, 4.69) is 11.4 Å². The second-order valence-electron chi connectivity index (χ2n) is 6.27. The zero-order chi connectivity index (χ0) is 17.6. The van der Waals surface area contributed by atoms with E-state index in [1.807, 2.05) is 35.7 Å². The van der Waals surface area contributed by atoms with Crippen molar-refractivity contribution in [2.24, 2.45) is 0 Å². The topological polar surface area (TPSA) is 49.4 Å². The third kappa shape index (κ3) is 5.06. The molecule has 0 radical (unpaired) electrons. The number of nitrogens with zero attached hydrogens (tertiary/aromatic N) is 1. The first-order chi connectivity index (χ1) is 12.1. The maximum absolute atomic E-state index is 12.2. The molecular weight excluding hydrogens is 356 g/mol. The molecule has 6 heteroatoms. The Morgan fingerprint density at radius 2 is 2.12 bits per heavy atom. The number of hydrogen-bond donors (Lipinski definition) is 1. The zero-order valence-corrected chi connectivity index (χ0v) is 15.5. The summed E-state index contributed by atoms with van der Waals surface area (Å²) in [4.78, 5) is 27.3. The van der Waals surface area contributed by atoms with Gasteiger partial charge < -0.3 is 10.2 Å². The Morgan fingerprint density at radius 1 is 1.28 bits per heavy atom. The molecule has 1 saturated heterocycles. The molecule has 1 unspecified atom stereocenters. The molecule has 2 heterocycles. The highest BCUT2D eigenvalue weighted by molar-refractivity contribution is 7.09. The number of rotatable bonds is 7. The van der Waals surface area contributed by atoms with E-state index in [9.17, 15) is 9.59 Å². The molecule has 0 aliphatic carbocycles. The largest absolute Gasteiger partial charge is 0.351 e. The molecule has 2 aromatic rings. The lowest BCUT2D eigenvalue weighted by Gasteiger charge is -2.18. The van der Waals surface area contributed by atoms with Crippen molar-refractivity contribution >= 4 is 34.8 Å². The molecule has 25 heavy (non-hydrogen) atoms. The van der Waals surface area contributed by atoms with E-state index >= 15 is 0 Å². The molecule has 132 valence electrons. The van der Waals surface area contributed by atoms with Crippen molar-refractivity contribution in [1.82, 2.24) is 10.2 Å². The third-order valence-corrected chi connectivity index (χ3v) is 5.61. The molecule has 1 aliphatic heterocycles. The van der Waals surface area contributed by atoms with Gasteiger partial charge in [0.05, 0.1) is 6.04 Å². The summed E-state index contributed by atoms with van der Waals surface area (Å²) in [5, 5.41) is 5.70. The first-order valence-corrected chi connectivity index (χ1v) is 9.70. The molecule has 0 spiro atoms. The predicted molar refractivity (Wildman–Crippen MR) is 101 cm³/mol. The monoisotopic (exact) mass is 376 g/mol. The van der Waals surface area contributed by atoms with E-state index in [0.717, 1.165) is 18.4 Å². The minimum atomic E-state index is -0.107. The molecule has 1 aliphatic rings. The van der Waals surface area contributed by atoms with Crippen molar-refractivity contribution in [3.05, 3.63) is 57.2 Å². The molecule has 1 fully saturated rings. The fraction of sp³-hybridized carbons (Fsp3) is 0.368. The van der Waals surface area contributed by atoms with Crippen LogP contribution in [0.1, 0.15) is 29.7 Å². The van der Waals surface area contributed by atoms with E-state index < -0.39 is 0 Å². The van der Waals surface area contributed by atoms with Gasteiger partial charge in [0.1, 0.15) is 0 Å². The van der Waals surface area contributed by atoms with Gasteiger partial charge in [-0.2, -0.15) is 0 Å². The van der Waals surface area contributed by atoms with Crippen LogP contribution in [0, 0.1) is 0 Å². The van der Waals surface area contributed by atoms with Crippen molar-refractivity contribution < 1.29 is 9.59 Å². The van der Waals surface area contributed by atoms with Gasteiger partial charge in [0.25, 0.3) is 0 Å². The summed E-state index contributed by atoms with van der Waals surface area (Å²) in [5.41, 5.74) is 0.931. The van der Waals surface area contributed by atoms with Crippen LogP contribution in [0.25, 0.3) is 0 Å². The van der Waals surface area contributed by atoms with Gasteiger partial charge in [0, 0.05) is 35.8 Å². The molecule has 2 amide bonds. The summed E-state index contributed by atoms with van der Waals surface area (Å²) >= 11 is 7.88. The SMILES string of the molecule is O=C(CCCc1cccs1)NC1CC(=O)N(Cc2ccccc2Cl)C1. The van der Waals surface area contributed by atoms with Gasteiger partial charge >= 0.3 is 0 Å². The van der Waals surface area contributed by atoms with Crippen molar-refractivity contribution in [2.45, 2.75) is 38.3 Å². The zero-order valence-electron chi connectivity index (χ0n) is 13.9. The number of aryl methyl sites for hydroxylation is 1. The predicted octanol–water partition coefficient (Wildman–Crippen LogP) is 3.64. The Balaban J connectivity index is 1.44. The van der Waals surface area contributed by atoms with Crippen molar-refractivity contribution in [3.8, 4) is 0 Å². The lowest BCUT2D eigenvalue weighted by molar-refractivity contribution is -0.128. The molecule has 0 bridgehead atoms. The number of thiophene rings is 1. The normalized spacial score (nSPS) is 17.1. The minimum absolute atomic E-state index is 0.0222. The number of hydrogen-bond acceptors (Lipinski definition) is 3. The van der Waals surface area contributed by atoms with E-state index in [0.29, 0.717) is 31.0 Å². The van der Waals surface area contributed by atoms with E-state index in [4.69, 9.17) is 11.6 Å². The Morgan fingerprint density at radius 3 is 2.88 bits per heavy atom. The van der Waals surface area contributed by atoms with Crippen molar-refractivity contribution in [3.63, 3.8) is 0 Å². The quantitative estimate of drug-likeness (QED) is 0.802. The van der Waals surface area contributed by atoms with Crippen LogP contribution in [-0.2, 0) is 22.6 Å². The summed E-state index contributed by atoms with van der Waals surface area (Å²) in [7, 11) is 0. The van der Waals surface area contributed by atoms with E-state index in [-0.39, 0.29) is 17.9 Å². The number of nitrogens with one attached hydrogen (secondary N) is 1. The summed E-state index contributed by atoms with van der Waals surface area (Å²) < 4.78 is 0. The van der Waals surface area contributed by atoms with E-state index in [1.54, 1.807) is 16.2 Å². The van der Waals surface area contributed by atoms with Gasteiger partial charge in [-0.05, 0) is 35.9 Å². The smallest absolute Gasteiger partial charge is 0.225 e. The molecule has 3 rings (SSSR count). The second kappa shape index (κ2) is 8.50. The molecule has 0 saturated carbocycles. The van der Waals surface area contributed by atoms with Crippen LogP contribution in [-0.4, -0.2) is 29.3 Å². The minimum Gasteiger partial charge on any atom is -0.351 e. The van der Waals surface area contributed by atoms with Gasteiger partial charge in [-0.3, -0.25) is 9.59 Å². The lowest BCUT2D eigenvalue weighted by Crippen LogP contribution is -2.36. The fourth-order valence-electron chi connectivity index (χ4n) is 3.03. The number of halogens is 1.